The lowest BCUT2D eigenvalue weighted by atomic mass is 9.96. The van der Waals surface area contributed by atoms with E-state index in [2.05, 4.69) is 11.8 Å². The quantitative estimate of drug-likeness (QED) is 0.759. The summed E-state index contributed by atoms with van der Waals surface area (Å²) in [5.74, 6) is 4.02. The molecule has 1 heterocycles. The second kappa shape index (κ2) is 6.70. The SMILES string of the molecule is CC1CN(C(=O)c2ccc(C#CCO)cc2F)CCC1O. The van der Waals surface area contributed by atoms with Gasteiger partial charge in [-0.3, -0.25) is 4.79 Å². The first kappa shape index (κ1) is 15.5. The molecule has 2 unspecified atom stereocenters. The standard InChI is InChI=1S/C16H18FNO3/c1-11-10-18(7-6-15(11)20)16(21)13-5-4-12(3-2-8-19)9-14(13)17/h4-5,9,11,15,19-20H,6-8,10H2,1H3. The largest absolute Gasteiger partial charge is 0.393 e. The minimum absolute atomic E-state index is 0.00754. The number of halogens is 1. The predicted octanol–water partition coefficient (Wildman–Crippen LogP) is 1.01. The number of carbonyl (C=O) groups excluding carboxylic acids is 1. The first-order valence-electron chi connectivity index (χ1n) is 6.89. The molecule has 4 nitrogen and oxygen atoms in total. The third-order valence-electron chi connectivity index (χ3n) is 3.66. The molecule has 0 aliphatic carbocycles. The van der Waals surface area contributed by atoms with Gasteiger partial charge in [0.15, 0.2) is 0 Å². The summed E-state index contributed by atoms with van der Waals surface area (Å²) in [6.07, 6.45) is 0.101. The van der Waals surface area contributed by atoms with Crippen molar-refractivity contribution in [2.45, 2.75) is 19.4 Å². The van der Waals surface area contributed by atoms with Gasteiger partial charge in [-0.2, -0.15) is 0 Å². The van der Waals surface area contributed by atoms with E-state index in [0.29, 0.717) is 25.1 Å². The van der Waals surface area contributed by atoms with Gasteiger partial charge >= 0.3 is 0 Å². The summed E-state index contributed by atoms with van der Waals surface area (Å²) in [7, 11) is 0. The van der Waals surface area contributed by atoms with Crippen molar-refractivity contribution < 1.29 is 19.4 Å². The number of hydrogen-bond donors (Lipinski definition) is 2. The van der Waals surface area contributed by atoms with Crippen LogP contribution in [-0.2, 0) is 0 Å². The molecule has 1 saturated heterocycles. The van der Waals surface area contributed by atoms with E-state index in [1.807, 2.05) is 6.92 Å². The Kier molecular flexibility index (Phi) is 4.94. The monoisotopic (exact) mass is 291 g/mol. The molecule has 5 heteroatoms. The summed E-state index contributed by atoms with van der Waals surface area (Å²) in [4.78, 5) is 13.9. The number of aliphatic hydroxyl groups is 2. The summed E-state index contributed by atoms with van der Waals surface area (Å²) in [5, 5.41) is 18.3. The Balaban J connectivity index is 2.16. The Morgan fingerprint density at radius 1 is 1.52 bits per heavy atom. The second-order valence-corrected chi connectivity index (χ2v) is 5.24. The van der Waals surface area contributed by atoms with Crippen LogP contribution in [0.3, 0.4) is 0 Å². The van der Waals surface area contributed by atoms with Crippen LogP contribution in [-0.4, -0.2) is 46.8 Å². The van der Waals surface area contributed by atoms with E-state index in [-0.39, 0.29) is 24.0 Å². The molecule has 2 rings (SSSR count). The minimum Gasteiger partial charge on any atom is -0.393 e. The first-order chi connectivity index (χ1) is 10.0. The number of aliphatic hydroxyl groups excluding tert-OH is 2. The van der Waals surface area contributed by atoms with E-state index >= 15 is 0 Å². The highest BCUT2D eigenvalue weighted by atomic mass is 19.1. The number of carbonyl (C=O) groups is 1. The summed E-state index contributed by atoms with van der Waals surface area (Å²) < 4.78 is 14.0. The number of nitrogens with zero attached hydrogens (tertiary/aromatic N) is 1. The number of amides is 1. The van der Waals surface area contributed by atoms with E-state index in [1.165, 1.54) is 12.1 Å². The average Bonchev–Trinajstić information content (AvgIpc) is 2.47. The van der Waals surface area contributed by atoms with E-state index in [4.69, 9.17) is 5.11 Å². The van der Waals surface area contributed by atoms with E-state index in [1.54, 1.807) is 11.0 Å². The Morgan fingerprint density at radius 3 is 2.90 bits per heavy atom. The molecule has 21 heavy (non-hydrogen) atoms. The Bertz CT molecular complexity index is 591. The molecule has 0 bridgehead atoms. The van der Waals surface area contributed by atoms with Crippen molar-refractivity contribution >= 4 is 5.91 Å². The van der Waals surface area contributed by atoms with Gasteiger partial charge in [0, 0.05) is 18.7 Å². The van der Waals surface area contributed by atoms with Gasteiger partial charge in [-0.1, -0.05) is 18.8 Å². The van der Waals surface area contributed by atoms with E-state index in [9.17, 15) is 14.3 Å². The van der Waals surface area contributed by atoms with E-state index in [0.717, 1.165) is 0 Å². The third-order valence-corrected chi connectivity index (χ3v) is 3.66. The minimum atomic E-state index is -0.622. The highest BCUT2D eigenvalue weighted by Gasteiger charge is 2.28. The maximum Gasteiger partial charge on any atom is 0.256 e. The zero-order valence-electron chi connectivity index (χ0n) is 11.8. The van der Waals surface area contributed by atoms with Crippen LogP contribution in [0.15, 0.2) is 18.2 Å². The summed E-state index contributed by atoms with van der Waals surface area (Å²) in [6.45, 7) is 2.42. The van der Waals surface area contributed by atoms with Crippen LogP contribution in [0.1, 0.15) is 29.3 Å². The Morgan fingerprint density at radius 2 is 2.29 bits per heavy atom. The molecular weight excluding hydrogens is 273 g/mol. The number of hydrogen-bond acceptors (Lipinski definition) is 3. The van der Waals surface area contributed by atoms with Crippen LogP contribution < -0.4 is 0 Å². The van der Waals surface area contributed by atoms with Crippen molar-refractivity contribution in [1.82, 2.24) is 4.90 Å². The second-order valence-electron chi connectivity index (χ2n) is 5.24. The van der Waals surface area contributed by atoms with Crippen molar-refractivity contribution in [3.05, 3.63) is 35.1 Å². The zero-order chi connectivity index (χ0) is 15.4. The number of piperidine rings is 1. The molecule has 0 radical (unpaired) electrons. The lowest BCUT2D eigenvalue weighted by Gasteiger charge is -2.34. The normalized spacial score (nSPS) is 21.6. The smallest absolute Gasteiger partial charge is 0.256 e. The molecule has 1 amide bonds. The van der Waals surface area contributed by atoms with Crippen molar-refractivity contribution in [2.24, 2.45) is 5.92 Å². The third kappa shape index (κ3) is 3.60. The van der Waals surface area contributed by atoms with Gasteiger partial charge in [-0.05, 0) is 30.5 Å². The fourth-order valence-electron chi connectivity index (χ4n) is 2.40. The molecule has 1 aliphatic rings. The van der Waals surface area contributed by atoms with Crippen LogP contribution in [0.4, 0.5) is 4.39 Å². The zero-order valence-corrected chi connectivity index (χ0v) is 11.8. The molecule has 1 aromatic rings. The maximum atomic E-state index is 14.0. The lowest BCUT2D eigenvalue weighted by molar-refractivity contribution is 0.0295. The van der Waals surface area contributed by atoms with Crippen molar-refractivity contribution in [3.63, 3.8) is 0 Å². The number of likely N-dealkylation sites (tertiary alicyclic amines) is 1. The first-order valence-corrected chi connectivity index (χ1v) is 6.89. The van der Waals surface area contributed by atoms with Crippen molar-refractivity contribution in [3.8, 4) is 11.8 Å². The number of benzene rings is 1. The highest BCUT2D eigenvalue weighted by molar-refractivity contribution is 5.94. The maximum absolute atomic E-state index is 14.0. The topological polar surface area (TPSA) is 60.8 Å². The molecule has 1 aliphatic heterocycles. The molecule has 0 spiro atoms. The van der Waals surface area contributed by atoms with Crippen LogP contribution in [0, 0.1) is 23.6 Å². The van der Waals surface area contributed by atoms with Gasteiger partial charge in [0.05, 0.1) is 11.7 Å². The van der Waals surface area contributed by atoms with Gasteiger partial charge in [-0.25, -0.2) is 4.39 Å². The fraction of sp³-hybridized carbons (Fsp3) is 0.438. The van der Waals surface area contributed by atoms with Gasteiger partial charge < -0.3 is 15.1 Å². The Labute approximate surface area is 123 Å². The van der Waals surface area contributed by atoms with Crippen molar-refractivity contribution in [1.29, 1.82) is 0 Å². The van der Waals surface area contributed by atoms with Crippen LogP contribution in [0.25, 0.3) is 0 Å². The fourth-order valence-corrected chi connectivity index (χ4v) is 2.40. The van der Waals surface area contributed by atoms with Gasteiger partial charge in [0.1, 0.15) is 12.4 Å². The molecule has 0 aromatic heterocycles. The molecule has 1 aromatic carbocycles. The predicted molar refractivity (Wildman–Crippen MR) is 76.1 cm³/mol. The molecule has 112 valence electrons. The van der Waals surface area contributed by atoms with Crippen LogP contribution in [0.5, 0.6) is 0 Å². The summed E-state index contributed by atoms with van der Waals surface area (Å²) >= 11 is 0. The van der Waals surface area contributed by atoms with Gasteiger partial charge in [-0.15, -0.1) is 0 Å². The van der Waals surface area contributed by atoms with Gasteiger partial charge in [0.25, 0.3) is 5.91 Å². The lowest BCUT2D eigenvalue weighted by Crippen LogP contribution is -2.45. The van der Waals surface area contributed by atoms with Crippen molar-refractivity contribution in [2.75, 3.05) is 19.7 Å². The molecule has 0 saturated carbocycles. The van der Waals surface area contributed by atoms with Crippen LogP contribution in [0.2, 0.25) is 0 Å². The van der Waals surface area contributed by atoms with E-state index < -0.39 is 11.9 Å². The highest BCUT2D eigenvalue weighted by Crippen LogP contribution is 2.20. The molecular formula is C16H18FNO3. The summed E-state index contributed by atoms with van der Waals surface area (Å²) in [6, 6.07) is 4.16. The Hall–Kier alpha value is -1.90. The molecule has 2 N–H and O–H groups in total. The molecule has 1 fully saturated rings. The summed E-state index contributed by atoms with van der Waals surface area (Å²) in [5.41, 5.74) is 0.425. The number of rotatable bonds is 1. The average molecular weight is 291 g/mol. The molecule has 2 atom stereocenters. The van der Waals surface area contributed by atoms with Gasteiger partial charge in [0.2, 0.25) is 0 Å². The van der Waals surface area contributed by atoms with Crippen LogP contribution >= 0.6 is 0 Å².